The van der Waals surface area contributed by atoms with Gasteiger partial charge in [0.25, 0.3) is 0 Å². The van der Waals surface area contributed by atoms with Gasteiger partial charge >= 0.3 is 0 Å². The fourth-order valence-corrected chi connectivity index (χ4v) is 5.05. The van der Waals surface area contributed by atoms with E-state index >= 15 is 0 Å². The number of hydrogen-bond acceptors (Lipinski definition) is 5. The molecule has 0 bridgehead atoms. The van der Waals surface area contributed by atoms with Gasteiger partial charge in [0, 0.05) is 29.6 Å². The van der Waals surface area contributed by atoms with Crippen LogP contribution in [0.4, 0.5) is 0 Å². The number of nitrogens with zero attached hydrogens (tertiary/aromatic N) is 1. The van der Waals surface area contributed by atoms with Gasteiger partial charge in [0.15, 0.2) is 5.78 Å². The molecule has 0 atom stereocenters. The number of rotatable bonds is 13. The van der Waals surface area contributed by atoms with Crippen LogP contribution in [0.2, 0.25) is 5.02 Å². The first-order chi connectivity index (χ1) is 15.1. The summed E-state index contributed by atoms with van der Waals surface area (Å²) in [4.78, 5) is 14.9. The first-order valence-corrected chi connectivity index (χ1v) is 12.7. The monoisotopic (exact) mass is 516 g/mol. The lowest BCUT2D eigenvalue weighted by Gasteiger charge is -2.17. The summed E-state index contributed by atoms with van der Waals surface area (Å²) >= 11 is 6.20. The Hall–Kier alpha value is -1.64. The highest BCUT2D eigenvalue weighted by atomic mass is 35.5. The quantitative estimate of drug-likeness (QED) is 0.300. The number of nitrogens with one attached hydrogen (secondary N) is 1. The average Bonchev–Trinajstić information content (AvgIpc) is 2.74. The van der Waals surface area contributed by atoms with E-state index in [4.69, 9.17) is 16.3 Å². The molecule has 0 unspecified atom stereocenters. The molecule has 6 nitrogen and oxygen atoms in total. The Morgan fingerprint density at radius 1 is 1.12 bits per heavy atom. The third-order valence-electron chi connectivity index (χ3n) is 5.08. The number of sulfonamides is 1. The van der Waals surface area contributed by atoms with Gasteiger partial charge in [0.05, 0.1) is 7.11 Å². The molecule has 0 radical (unpaired) electrons. The summed E-state index contributed by atoms with van der Waals surface area (Å²) in [6.07, 6.45) is 2.85. The van der Waals surface area contributed by atoms with Gasteiger partial charge in [0.1, 0.15) is 10.6 Å². The van der Waals surface area contributed by atoms with Gasteiger partial charge in [0.2, 0.25) is 10.0 Å². The fraction of sp³-hybridized carbons (Fsp3) is 0.458. The van der Waals surface area contributed by atoms with Crippen molar-refractivity contribution in [3.8, 4) is 5.75 Å². The molecule has 2 aromatic rings. The van der Waals surface area contributed by atoms with Crippen molar-refractivity contribution in [1.82, 2.24) is 9.62 Å². The Morgan fingerprint density at radius 3 is 2.45 bits per heavy atom. The van der Waals surface area contributed by atoms with E-state index in [1.807, 2.05) is 24.3 Å². The maximum atomic E-state index is 12.7. The highest BCUT2D eigenvalue weighted by Gasteiger charge is 2.22. The lowest BCUT2D eigenvalue weighted by atomic mass is 10.1. The molecule has 0 heterocycles. The van der Waals surface area contributed by atoms with Crippen LogP contribution in [0.5, 0.6) is 5.75 Å². The van der Waals surface area contributed by atoms with Crippen LogP contribution in [0.1, 0.15) is 49.0 Å². The van der Waals surface area contributed by atoms with Crippen LogP contribution in [-0.2, 0) is 16.4 Å². The van der Waals surface area contributed by atoms with Crippen molar-refractivity contribution in [2.24, 2.45) is 0 Å². The van der Waals surface area contributed by atoms with Crippen LogP contribution < -0.4 is 9.46 Å². The number of halogens is 2. The molecule has 33 heavy (non-hydrogen) atoms. The summed E-state index contributed by atoms with van der Waals surface area (Å²) in [6, 6.07) is 12.1. The largest absolute Gasteiger partial charge is 0.495 e. The van der Waals surface area contributed by atoms with E-state index in [0.29, 0.717) is 12.0 Å². The minimum absolute atomic E-state index is 0. The molecule has 184 valence electrons. The molecular formula is C24H34Cl2N2O4S. The summed E-state index contributed by atoms with van der Waals surface area (Å²) in [5.74, 6) is 0.141. The summed E-state index contributed by atoms with van der Waals surface area (Å²) in [5.41, 5.74) is 1.51. The fourth-order valence-electron chi connectivity index (χ4n) is 3.37. The number of carbonyl (C=O) groups is 1. The normalized spacial score (nSPS) is 11.5. The van der Waals surface area contributed by atoms with E-state index in [1.165, 1.54) is 19.2 Å². The van der Waals surface area contributed by atoms with Crippen LogP contribution in [0.3, 0.4) is 0 Å². The van der Waals surface area contributed by atoms with Crippen molar-refractivity contribution in [2.75, 3.05) is 27.2 Å². The molecule has 0 spiro atoms. The number of likely N-dealkylation sites (N-methyl/N-ethyl adjacent to an activating group) is 1. The summed E-state index contributed by atoms with van der Waals surface area (Å²) in [6.45, 7) is 5.24. The second kappa shape index (κ2) is 13.9. The summed E-state index contributed by atoms with van der Waals surface area (Å²) in [7, 11) is -0.304. The zero-order valence-corrected chi connectivity index (χ0v) is 22.0. The molecule has 9 heteroatoms. The number of benzene rings is 2. The van der Waals surface area contributed by atoms with Gasteiger partial charge in [-0.2, -0.15) is 0 Å². The SMILES string of the molecule is COc1ccc(C(=O)CCCCN(C)CCc2ccccc2Cl)cc1S(=O)(=O)NC(C)C.Cl. The lowest BCUT2D eigenvalue weighted by molar-refractivity contribution is 0.0978. The second-order valence-electron chi connectivity index (χ2n) is 8.17. The maximum absolute atomic E-state index is 12.7. The number of ketones is 1. The predicted molar refractivity (Wildman–Crippen MR) is 137 cm³/mol. The van der Waals surface area contributed by atoms with Crippen molar-refractivity contribution in [1.29, 1.82) is 0 Å². The predicted octanol–water partition coefficient (Wildman–Crippen LogP) is 4.98. The third kappa shape index (κ3) is 9.26. The van der Waals surface area contributed by atoms with Gasteiger partial charge < -0.3 is 9.64 Å². The van der Waals surface area contributed by atoms with Gasteiger partial charge in [-0.1, -0.05) is 29.8 Å². The number of ether oxygens (including phenoxy) is 1. The van der Waals surface area contributed by atoms with Crippen molar-refractivity contribution in [3.63, 3.8) is 0 Å². The lowest BCUT2D eigenvalue weighted by Crippen LogP contribution is -2.30. The van der Waals surface area contributed by atoms with Crippen LogP contribution >= 0.6 is 24.0 Å². The third-order valence-corrected chi connectivity index (χ3v) is 7.13. The van der Waals surface area contributed by atoms with E-state index in [1.54, 1.807) is 19.9 Å². The Morgan fingerprint density at radius 2 is 1.82 bits per heavy atom. The van der Waals surface area contributed by atoms with Crippen LogP contribution in [0, 0.1) is 0 Å². The molecule has 0 saturated heterocycles. The number of methoxy groups -OCH3 is 1. The average molecular weight is 518 g/mol. The second-order valence-corrected chi connectivity index (χ2v) is 10.3. The molecule has 0 aromatic heterocycles. The Kier molecular flexibility index (Phi) is 12.4. The van der Waals surface area contributed by atoms with E-state index in [0.717, 1.165) is 42.9 Å². The number of Topliss-reactive ketones (excluding diaryl/α,β-unsaturated/α-hetero) is 1. The van der Waals surface area contributed by atoms with Crippen LogP contribution in [-0.4, -0.2) is 52.4 Å². The van der Waals surface area contributed by atoms with Gasteiger partial charge in [-0.15, -0.1) is 12.4 Å². The van der Waals surface area contributed by atoms with E-state index in [9.17, 15) is 13.2 Å². The standard InChI is InChI=1S/C24H33ClN2O4S.ClH/c1-18(2)26-32(29,30)24-17-20(12-13-23(24)31-4)22(28)11-7-8-15-27(3)16-14-19-9-5-6-10-21(19)25;/h5-6,9-10,12-13,17-18,26H,7-8,11,14-16H2,1-4H3;1H. The Bertz CT molecular complexity index is 1010. The van der Waals surface area contributed by atoms with Crippen molar-refractivity contribution < 1.29 is 17.9 Å². The topological polar surface area (TPSA) is 75.7 Å². The minimum atomic E-state index is -3.77. The van der Waals surface area contributed by atoms with Crippen LogP contribution in [0.25, 0.3) is 0 Å². The van der Waals surface area contributed by atoms with Gasteiger partial charge in [-0.05, 0) is 76.5 Å². The van der Waals surface area contributed by atoms with Gasteiger partial charge in [-0.25, -0.2) is 13.1 Å². The molecule has 0 saturated carbocycles. The van der Waals surface area contributed by atoms with E-state index in [2.05, 4.69) is 16.7 Å². The number of unbranched alkanes of at least 4 members (excludes halogenated alkanes) is 1. The molecule has 0 amide bonds. The Balaban J connectivity index is 0.00000544. The smallest absolute Gasteiger partial charge is 0.244 e. The molecule has 0 aliphatic rings. The Labute approximate surface area is 209 Å². The maximum Gasteiger partial charge on any atom is 0.244 e. The zero-order valence-electron chi connectivity index (χ0n) is 19.6. The van der Waals surface area contributed by atoms with Crippen molar-refractivity contribution >= 4 is 39.8 Å². The number of carbonyl (C=O) groups excluding carboxylic acids is 1. The highest BCUT2D eigenvalue weighted by molar-refractivity contribution is 7.89. The highest BCUT2D eigenvalue weighted by Crippen LogP contribution is 2.26. The zero-order chi connectivity index (χ0) is 23.7. The minimum Gasteiger partial charge on any atom is -0.495 e. The molecule has 1 N–H and O–H groups in total. The van der Waals surface area contributed by atoms with Crippen molar-refractivity contribution in [3.05, 3.63) is 58.6 Å². The molecule has 0 fully saturated rings. The van der Waals surface area contributed by atoms with Gasteiger partial charge in [-0.3, -0.25) is 4.79 Å². The van der Waals surface area contributed by atoms with E-state index in [-0.39, 0.29) is 34.9 Å². The molecule has 2 aromatic carbocycles. The first kappa shape index (κ1) is 29.4. The first-order valence-electron chi connectivity index (χ1n) is 10.8. The summed E-state index contributed by atoms with van der Waals surface area (Å²) in [5, 5.41) is 0.788. The molecule has 0 aliphatic carbocycles. The molecule has 2 rings (SSSR count). The molecular weight excluding hydrogens is 483 g/mol. The number of hydrogen-bond donors (Lipinski definition) is 1. The van der Waals surface area contributed by atoms with Crippen molar-refractivity contribution in [2.45, 2.75) is 50.5 Å². The summed E-state index contributed by atoms with van der Waals surface area (Å²) < 4.78 is 32.9. The van der Waals surface area contributed by atoms with E-state index < -0.39 is 10.0 Å². The molecule has 0 aliphatic heterocycles. The van der Waals surface area contributed by atoms with Crippen LogP contribution in [0.15, 0.2) is 47.4 Å².